The number of rotatable bonds is 3. The number of amides is 2. The molecule has 3 rings (SSSR count). The maximum absolute atomic E-state index is 12.3. The number of carbonyl (C=O) groups is 2. The molecule has 2 aromatic carbocycles. The highest BCUT2D eigenvalue weighted by Crippen LogP contribution is 2.15. The van der Waals surface area contributed by atoms with Crippen LogP contribution in [0.5, 0.6) is 0 Å². The van der Waals surface area contributed by atoms with E-state index in [1.807, 2.05) is 35.9 Å². The third-order valence-corrected chi connectivity index (χ3v) is 4.53. The zero-order chi connectivity index (χ0) is 17.1. The average Bonchev–Trinajstić information content (AvgIpc) is 2.89. The molecule has 0 saturated carbocycles. The molecule has 1 aromatic heterocycles. The molecule has 0 fully saturated rings. The Morgan fingerprint density at radius 2 is 1.92 bits per heavy atom. The lowest BCUT2D eigenvalue weighted by molar-refractivity contribution is -0.114. The van der Waals surface area contributed by atoms with E-state index in [0.29, 0.717) is 16.1 Å². The van der Waals surface area contributed by atoms with Gasteiger partial charge in [0, 0.05) is 25.2 Å². The minimum absolute atomic E-state index is 0.186. The lowest BCUT2D eigenvalue weighted by Gasteiger charge is -2.04. The molecular formula is C17H16N4O2S. The molecule has 6 nitrogen and oxygen atoms in total. The summed E-state index contributed by atoms with van der Waals surface area (Å²) in [5.74, 6) is -0.519. The average molecular weight is 340 g/mol. The number of nitrogens with one attached hydrogen (secondary N) is 2. The van der Waals surface area contributed by atoms with Crippen molar-refractivity contribution in [3.63, 3.8) is 0 Å². The Kier molecular flexibility index (Phi) is 4.43. The van der Waals surface area contributed by atoms with Crippen molar-refractivity contribution in [2.45, 2.75) is 6.92 Å². The molecule has 0 saturated heterocycles. The number of hydrogen-bond acceptors (Lipinski definition) is 4. The van der Waals surface area contributed by atoms with Crippen molar-refractivity contribution in [2.24, 2.45) is 12.1 Å². The van der Waals surface area contributed by atoms with Gasteiger partial charge < -0.3 is 9.88 Å². The molecule has 3 aromatic rings. The number of anilines is 1. The molecule has 122 valence electrons. The Hall–Kier alpha value is -2.93. The summed E-state index contributed by atoms with van der Waals surface area (Å²) in [5.41, 5.74) is 4.62. The van der Waals surface area contributed by atoms with Crippen LogP contribution in [0.4, 0.5) is 5.69 Å². The Balaban J connectivity index is 1.84. The monoisotopic (exact) mass is 340 g/mol. The number of fused-ring (bicyclic) bond motifs is 1. The van der Waals surface area contributed by atoms with Crippen LogP contribution in [0.3, 0.4) is 0 Å². The molecule has 0 spiro atoms. The number of nitrogens with zero attached hydrogens (tertiary/aromatic N) is 2. The van der Waals surface area contributed by atoms with E-state index in [9.17, 15) is 9.59 Å². The highest BCUT2D eigenvalue weighted by Gasteiger charge is 2.07. The molecule has 0 unspecified atom stereocenters. The van der Waals surface area contributed by atoms with E-state index in [0.717, 1.165) is 10.2 Å². The normalized spacial score (nSPS) is 11.5. The molecule has 0 bridgehead atoms. The Morgan fingerprint density at radius 3 is 2.67 bits per heavy atom. The van der Waals surface area contributed by atoms with Gasteiger partial charge in [-0.3, -0.25) is 9.59 Å². The maximum atomic E-state index is 12.3. The predicted octanol–water partition coefficient (Wildman–Crippen LogP) is 2.44. The first-order chi connectivity index (χ1) is 11.5. The van der Waals surface area contributed by atoms with Crippen LogP contribution in [-0.2, 0) is 11.8 Å². The molecule has 0 aliphatic carbocycles. The highest BCUT2D eigenvalue weighted by molar-refractivity contribution is 7.16. The van der Waals surface area contributed by atoms with Gasteiger partial charge in [0.05, 0.1) is 10.2 Å². The molecule has 0 aliphatic heterocycles. The van der Waals surface area contributed by atoms with Crippen LogP contribution >= 0.6 is 11.3 Å². The standard InChI is InChI=1S/C17H16N4O2S/c1-11(22)18-13-7-5-6-12(10-13)16(23)19-20-17-21(2)14-8-3-4-9-15(14)24-17/h3-10H,1-2H3,(H,18,22)(H,19,23). The summed E-state index contributed by atoms with van der Waals surface area (Å²) in [7, 11) is 1.90. The number of para-hydroxylation sites is 1. The SMILES string of the molecule is CC(=O)Nc1cccc(C(=O)NN=c2sc3ccccc3n2C)c1. The van der Waals surface area contributed by atoms with E-state index in [-0.39, 0.29) is 11.8 Å². The van der Waals surface area contributed by atoms with Crippen molar-refractivity contribution in [3.8, 4) is 0 Å². The molecule has 1 heterocycles. The van der Waals surface area contributed by atoms with E-state index in [2.05, 4.69) is 15.8 Å². The number of carbonyl (C=O) groups excluding carboxylic acids is 2. The summed E-state index contributed by atoms with van der Waals surface area (Å²) >= 11 is 1.50. The summed E-state index contributed by atoms with van der Waals surface area (Å²) in [4.78, 5) is 24.1. The predicted molar refractivity (Wildman–Crippen MR) is 94.6 cm³/mol. The van der Waals surface area contributed by atoms with Gasteiger partial charge in [-0.1, -0.05) is 29.5 Å². The smallest absolute Gasteiger partial charge is 0.271 e. The van der Waals surface area contributed by atoms with E-state index in [4.69, 9.17) is 0 Å². The van der Waals surface area contributed by atoms with Crippen LogP contribution in [-0.4, -0.2) is 16.4 Å². The third-order valence-electron chi connectivity index (χ3n) is 3.41. The van der Waals surface area contributed by atoms with Crippen molar-refractivity contribution < 1.29 is 9.59 Å². The largest absolute Gasteiger partial charge is 0.326 e. The van der Waals surface area contributed by atoms with Gasteiger partial charge in [-0.05, 0) is 30.3 Å². The first kappa shape index (κ1) is 15.9. The number of hydrogen-bond donors (Lipinski definition) is 2. The van der Waals surface area contributed by atoms with Crippen LogP contribution in [0.25, 0.3) is 10.2 Å². The maximum Gasteiger partial charge on any atom is 0.271 e. The zero-order valence-electron chi connectivity index (χ0n) is 13.2. The van der Waals surface area contributed by atoms with Gasteiger partial charge >= 0.3 is 0 Å². The fourth-order valence-electron chi connectivity index (χ4n) is 2.29. The van der Waals surface area contributed by atoms with Crippen molar-refractivity contribution in [3.05, 3.63) is 58.9 Å². The van der Waals surface area contributed by atoms with E-state index in [1.54, 1.807) is 24.3 Å². The second-order valence-electron chi connectivity index (χ2n) is 5.23. The first-order valence-electron chi connectivity index (χ1n) is 7.31. The van der Waals surface area contributed by atoms with Gasteiger partial charge in [0.1, 0.15) is 0 Å². The van der Waals surface area contributed by atoms with Gasteiger partial charge in [0.15, 0.2) is 0 Å². The topological polar surface area (TPSA) is 75.5 Å². The van der Waals surface area contributed by atoms with E-state index >= 15 is 0 Å². The molecule has 0 radical (unpaired) electrons. The minimum atomic E-state index is -0.334. The fourth-order valence-corrected chi connectivity index (χ4v) is 3.27. The summed E-state index contributed by atoms with van der Waals surface area (Å²) in [5, 5.41) is 6.85. The van der Waals surface area contributed by atoms with Gasteiger partial charge in [-0.25, -0.2) is 5.43 Å². The number of aromatic nitrogens is 1. The number of aryl methyl sites for hydroxylation is 1. The summed E-state index contributed by atoms with van der Waals surface area (Å²) in [6.07, 6.45) is 0. The Morgan fingerprint density at radius 1 is 1.12 bits per heavy atom. The molecule has 0 aliphatic rings. The van der Waals surface area contributed by atoms with Gasteiger partial charge in [-0.15, -0.1) is 5.10 Å². The van der Waals surface area contributed by atoms with Crippen LogP contribution < -0.4 is 15.5 Å². The summed E-state index contributed by atoms with van der Waals surface area (Å²) in [6, 6.07) is 14.7. The van der Waals surface area contributed by atoms with Crippen molar-refractivity contribution in [1.82, 2.24) is 9.99 Å². The Bertz CT molecular complexity index is 987. The van der Waals surface area contributed by atoms with E-state index in [1.165, 1.54) is 18.3 Å². The van der Waals surface area contributed by atoms with Crippen molar-refractivity contribution in [2.75, 3.05) is 5.32 Å². The summed E-state index contributed by atoms with van der Waals surface area (Å²) < 4.78 is 3.02. The van der Waals surface area contributed by atoms with Crippen LogP contribution in [0.1, 0.15) is 17.3 Å². The lowest BCUT2D eigenvalue weighted by atomic mass is 10.2. The molecule has 2 N–H and O–H groups in total. The van der Waals surface area contributed by atoms with E-state index < -0.39 is 0 Å². The quantitative estimate of drug-likeness (QED) is 0.719. The minimum Gasteiger partial charge on any atom is -0.326 e. The molecule has 7 heteroatoms. The second-order valence-corrected chi connectivity index (χ2v) is 6.24. The second kappa shape index (κ2) is 6.67. The van der Waals surface area contributed by atoms with Crippen molar-refractivity contribution >= 4 is 39.1 Å². The number of thiazole rings is 1. The van der Waals surface area contributed by atoms with Gasteiger partial charge in [0.2, 0.25) is 10.7 Å². The highest BCUT2D eigenvalue weighted by atomic mass is 32.1. The van der Waals surface area contributed by atoms with Gasteiger partial charge in [0.25, 0.3) is 5.91 Å². The molecule has 24 heavy (non-hydrogen) atoms. The van der Waals surface area contributed by atoms with Gasteiger partial charge in [-0.2, -0.15) is 0 Å². The fraction of sp³-hybridized carbons (Fsp3) is 0.118. The zero-order valence-corrected chi connectivity index (χ0v) is 14.1. The van der Waals surface area contributed by atoms with Crippen LogP contribution in [0.15, 0.2) is 53.6 Å². The first-order valence-corrected chi connectivity index (χ1v) is 8.12. The Labute approximate surface area is 142 Å². The lowest BCUT2D eigenvalue weighted by Crippen LogP contribution is -2.23. The third kappa shape index (κ3) is 3.36. The van der Waals surface area contributed by atoms with Crippen molar-refractivity contribution in [1.29, 1.82) is 0 Å². The molecule has 2 amide bonds. The van der Waals surface area contributed by atoms with Crippen LogP contribution in [0, 0.1) is 0 Å². The molecular weight excluding hydrogens is 324 g/mol. The molecule has 0 atom stereocenters. The van der Waals surface area contributed by atoms with Crippen LogP contribution in [0.2, 0.25) is 0 Å². The summed E-state index contributed by atoms with van der Waals surface area (Å²) in [6.45, 7) is 1.42. The number of benzene rings is 2.